The molecule has 5 nitrogen and oxygen atoms in total. The maximum atomic E-state index is 12.8. The number of carbonyl (C=O) groups is 1. The molecule has 2 aromatic rings. The molecule has 28 heavy (non-hydrogen) atoms. The largest absolute Gasteiger partial charge is 0.506 e. The molecule has 4 rings (SSSR count). The second-order valence-electron chi connectivity index (χ2n) is 8.13. The highest BCUT2D eigenvalue weighted by molar-refractivity contribution is 5.92. The van der Waals surface area contributed by atoms with E-state index in [1.165, 1.54) is 42.7 Å². The quantitative estimate of drug-likeness (QED) is 0.761. The Morgan fingerprint density at radius 3 is 2.93 bits per heavy atom. The van der Waals surface area contributed by atoms with Gasteiger partial charge in [-0.2, -0.15) is 0 Å². The SMILES string of the molecule is O=C(NC1CCc2ccccc2[C@@H]1CC1CCCCNC1)c1ccc(O)cn1. The van der Waals surface area contributed by atoms with E-state index in [-0.39, 0.29) is 17.7 Å². The van der Waals surface area contributed by atoms with Gasteiger partial charge in [-0.1, -0.05) is 30.7 Å². The van der Waals surface area contributed by atoms with Crippen molar-refractivity contribution >= 4 is 5.91 Å². The zero-order chi connectivity index (χ0) is 19.3. The van der Waals surface area contributed by atoms with E-state index in [2.05, 4.69) is 39.9 Å². The van der Waals surface area contributed by atoms with Crippen LogP contribution in [0.1, 0.15) is 59.6 Å². The molecule has 5 heteroatoms. The van der Waals surface area contributed by atoms with Gasteiger partial charge < -0.3 is 15.7 Å². The van der Waals surface area contributed by atoms with Crippen LogP contribution in [0.2, 0.25) is 0 Å². The summed E-state index contributed by atoms with van der Waals surface area (Å²) in [4.78, 5) is 16.8. The molecule has 3 atom stereocenters. The summed E-state index contributed by atoms with van der Waals surface area (Å²) in [5.41, 5.74) is 3.16. The number of fused-ring (bicyclic) bond motifs is 1. The molecule has 1 saturated heterocycles. The molecule has 0 bridgehead atoms. The normalized spacial score (nSPS) is 24.8. The molecule has 1 aliphatic carbocycles. The van der Waals surface area contributed by atoms with Crippen LogP contribution in [0.3, 0.4) is 0 Å². The zero-order valence-corrected chi connectivity index (χ0v) is 16.2. The molecular weight excluding hydrogens is 350 g/mol. The fourth-order valence-electron chi connectivity index (χ4n) is 4.73. The number of nitrogens with zero attached hydrogens (tertiary/aromatic N) is 1. The van der Waals surface area contributed by atoms with E-state index in [9.17, 15) is 9.90 Å². The third kappa shape index (κ3) is 4.36. The Kier molecular flexibility index (Phi) is 5.91. The first-order valence-corrected chi connectivity index (χ1v) is 10.4. The average molecular weight is 380 g/mol. The summed E-state index contributed by atoms with van der Waals surface area (Å²) in [7, 11) is 0. The smallest absolute Gasteiger partial charge is 0.270 e. The maximum absolute atomic E-state index is 12.8. The number of rotatable bonds is 4. The van der Waals surface area contributed by atoms with Gasteiger partial charge in [0.2, 0.25) is 0 Å². The summed E-state index contributed by atoms with van der Waals surface area (Å²) in [6, 6.07) is 11.9. The lowest BCUT2D eigenvalue weighted by molar-refractivity contribution is 0.0917. The second-order valence-corrected chi connectivity index (χ2v) is 8.13. The number of aromatic nitrogens is 1. The van der Waals surface area contributed by atoms with Gasteiger partial charge in [0.1, 0.15) is 11.4 Å². The molecule has 2 aliphatic rings. The monoisotopic (exact) mass is 379 g/mol. The number of aryl methyl sites for hydroxylation is 1. The Hall–Kier alpha value is -2.40. The third-order valence-electron chi connectivity index (χ3n) is 6.20. The second kappa shape index (κ2) is 8.74. The molecule has 1 aromatic carbocycles. The minimum Gasteiger partial charge on any atom is -0.506 e. The Morgan fingerprint density at radius 1 is 1.18 bits per heavy atom. The predicted octanol–water partition coefficient (Wildman–Crippen LogP) is 3.40. The van der Waals surface area contributed by atoms with Crippen molar-refractivity contribution in [3.8, 4) is 5.75 Å². The Bertz CT molecular complexity index is 798. The molecule has 2 unspecified atom stereocenters. The zero-order valence-electron chi connectivity index (χ0n) is 16.2. The van der Waals surface area contributed by atoms with Crippen LogP contribution >= 0.6 is 0 Å². The first-order valence-electron chi connectivity index (χ1n) is 10.4. The number of benzene rings is 1. The molecule has 0 radical (unpaired) electrons. The summed E-state index contributed by atoms with van der Waals surface area (Å²) in [6.07, 6.45) is 8.14. The van der Waals surface area contributed by atoms with Crippen LogP contribution in [0, 0.1) is 5.92 Å². The minimum atomic E-state index is -0.159. The average Bonchev–Trinajstić information content (AvgIpc) is 2.99. The summed E-state index contributed by atoms with van der Waals surface area (Å²) >= 11 is 0. The van der Waals surface area contributed by atoms with Crippen molar-refractivity contribution in [3.63, 3.8) is 0 Å². The molecule has 1 amide bonds. The van der Waals surface area contributed by atoms with Gasteiger partial charge in [0, 0.05) is 12.0 Å². The van der Waals surface area contributed by atoms with Crippen molar-refractivity contribution in [2.45, 2.75) is 50.5 Å². The molecule has 1 aromatic heterocycles. The van der Waals surface area contributed by atoms with Gasteiger partial charge in [0.25, 0.3) is 5.91 Å². The van der Waals surface area contributed by atoms with E-state index >= 15 is 0 Å². The molecule has 0 saturated carbocycles. The minimum absolute atomic E-state index is 0.0712. The van der Waals surface area contributed by atoms with Crippen LogP contribution in [-0.4, -0.2) is 35.1 Å². The van der Waals surface area contributed by atoms with Crippen LogP contribution in [0.5, 0.6) is 5.75 Å². The lowest BCUT2D eigenvalue weighted by atomic mass is 9.74. The van der Waals surface area contributed by atoms with Gasteiger partial charge in [-0.15, -0.1) is 0 Å². The van der Waals surface area contributed by atoms with E-state index < -0.39 is 0 Å². The van der Waals surface area contributed by atoms with E-state index in [4.69, 9.17) is 0 Å². The Morgan fingerprint density at radius 2 is 2.07 bits per heavy atom. The molecule has 2 heterocycles. The Labute approximate surface area is 166 Å². The van der Waals surface area contributed by atoms with Gasteiger partial charge in [-0.25, -0.2) is 4.98 Å². The third-order valence-corrected chi connectivity index (χ3v) is 6.20. The van der Waals surface area contributed by atoms with Gasteiger partial charge in [0.15, 0.2) is 0 Å². The van der Waals surface area contributed by atoms with Crippen LogP contribution in [-0.2, 0) is 6.42 Å². The first kappa shape index (κ1) is 18.9. The van der Waals surface area contributed by atoms with E-state index in [1.54, 1.807) is 6.07 Å². The lowest BCUT2D eigenvalue weighted by Gasteiger charge is -2.36. The van der Waals surface area contributed by atoms with Crippen molar-refractivity contribution in [3.05, 3.63) is 59.4 Å². The fourth-order valence-corrected chi connectivity index (χ4v) is 4.73. The number of amides is 1. The van der Waals surface area contributed by atoms with Crippen LogP contribution in [0.15, 0.2) is 42.6 Å². The number of nitrogens with one attached hydrogen (secondary N) is 2. The highest BCUT2D eigenvalue weighted by atomic mass is 16.3. The molecule has 3 N–H and O–H groups in total. The molecule has 1 fully saturated rings. The van der Waals surface area contributed by atoms with Gasteiger partial charge in [-0.05, 0) is 74.4 Å². The summed E-state index contributed by atoms with van der Waals surface area (Å²) < 4.78 is 0. The van der Waals surface area contributed by atoms with Crippen molar-refractivity contribution in [2.24, 2.45) is 5.92 Å². The highest BCUT2D eigenvalue weighted by Gasteiger charge is 2.32. The van der Waals surface area contributed by atoms with E-state index in [0.717, 1.165) is 32.4 Å². The van der Waals surface area contributed by atoms with Crippen LogP contribution in [0.4, 0.5) is 0 Å². The predicted molar refractivity (Wildman–Crippen MR) is 109 cm³/mol. The topological polar surface area (TPSA) is 74.2 Å². The molecular formula is C23H29N3O2. The van der Waals surface area contributed by atoms with Crippen LogP contribution in [0.25, 0.3) is 0 Å². The van der Waals surface area contributed by atoms with E-state index in [1.807, 2.05) is 0 Å². The van der Waals surface area contributed by atoms with Crippen molar-refractivity contribution in [1.82, 2.24) is 15.6 Å². The standard InChI is InChI=1S/C23H29N3O2/c27-18-9-11-22(25-15-18)23(28)26-21-10-8-17-6-1-2-7-19(17)20(21)13-16-5-3-4-12-24-14-16/h1-2,6-7,9,11,15-16,20-21,24,27H,3-5,8,10,12-14H2,(H,26,28)/t16?,20-,21?/m0/s1. The highest BCUT2D eigenvalue weighted by Crippen LogP contribution is 2.37. The van der Waals surface area contributed by atoms with Crippen LogP contribution < -0.4 is 10.6 Å². The number of hydrogen-bond acceptors (Lipinski definition) is 4. The number of carbonyl (C=O) groups excluding carboxylic acids is 1. The van der Waals surface area contributed by atoms with Gasteiger partial charge >= 0.3 is 0 Å². The first-order chi connectivity index (χ1) is 13.7. The number of aromatic hydroxyl groups is 1. The van der Waals surface area contributed by atoms with Crippen molar-refractivity contribution < 1.29 is 9.90 Å². The number of pyridine rings is 1. The van der Waals surface area contributed by atoms with Crippen molar-refractivity contribution in [2.75, 3.05) is 13.1 Å². The summed E-state index contributed by atoms with van der Waals surface area (Å²) in [6.45, 7) is 2.18. The molecule has 0 spiro atoms. The fraction of sp³-hybridized carbons (Fsp3) is 0.478. The van der Waals surface area contributed by atoms with Crippen molar-refractivity contribution in [1.29, 1.82) is 0 Å². The maximum Gasteiger partial charge on any atom is 0.270 e. The van der Waals surface area contributed by atoms with Gasteiger partial charge in [0.05, 0.1) is 6.20 Å². The summed E-state index contributed by atoms with van der Waals surface area (Å²) in [5, 5.41) is 16.2. The summed E-state index contributed by atoms with van der Waals surface area (Å²) in [5.74, 6) is 0.885. The number of hydrogen-bond donors (Lipinski definition) is 3. The molecule has 1 aliphatic heterocycles. The van der Waals surface area contributed by atoms with Gasteiger partial charge in [-0.3, -0.25) is 4.79 Å². The molecule has 148 valence electrons. The van der Waals surface area contributed by atoms with E-state index in [0.29, 0.717) is 17.5 Å². The lowest BCUT2D eigenvalue weighted by Crippen LogP contribution is -2.43. The Balaban J connectivity index is 1.54.